The van der Waals surface area contributed by atoms with E-state index in [1.165, 1.54) is 6.08 Å². The maximum Gasteiger partial charge on any atom is 0.244 e. The molecule has 0 bridgehead atoms. The Balaban J connectivity index is 1.76. The average Bonchev–Trinajstić information content (AvgIpc) is 2.31. The van der Waals surface area contributed by atoms with Gasteiger partial charge in [-0.25, -0.2) is 0 Å². The van der Waals surface area contributed by atoms with Gasteiger partial charge in [0.2, 0.25) is 5.91 Å². The van der Waals surface area contributed by atoms with Crippen molar-refractivity contribution in [2.45, 2.75) is 18.9 Å². The van der Waals surface area contributed by atoms with E-state index in [9.17, 15) is 4.79 Å². The van der Waals surface area contributed by atoms with Crippen LogP contribution >= 0.6 is 11.6 Å². The fourth-order valence-electron chi connectivity index (χ4n) is 1.95. The monoisotopic (exact) mass is 265 g/mol. The molecule has 1 amide bonds. The van der Waals surface area contributed by atoms with E-state index in [1.54, 1.807) is 18.2 Å². The van der Waals surface area contributed by atoms with Gasteiger partial charge in [-0.3, -0.25) is 4.79 Å². The number of hydrogen-bond acceptors (Lipinski definition) is 2. The lowest BCUT2D eigenvalue weighted by Crippen LogP contribution is -2.37. The SMILES string of the molecule is O=C(C=Cc1cccc(Cl)c1)NCC1CC(O)C1. The molecule has 0 unspecified atom stereocenters. The predicted octanol–water partition coefficient (Wildman–Crippen LogP) is 2.24. The highest BCUT2D eigenvalue weighted by atomic mass is 35.5. The molecule has 1 saturated carbocycles. The first-order valence-electron chi connectivity index (χ1n) is 6.03. The van der Waals surface area contributed by atoms with Crippen molar-refractivity contribution < 1.29 is 9.90 Å². The number of carbonyl (C=O) groups excluding carboxylic acids is 1. The van der Waals surface area contributed by atoms with Gasteiger partial charge in [0.15, 0.2) is 0 Å². The summed E-state index contributed by atoms with van der Waals surface area (Å²) in [5, 5.41) is 12.6. The van der Waals surface area contributed by atoms with Crippen LogP contribution in [0.3, 0.4) is 0 Å². The molecule has 0 radical (unpaired) electrons. The Labute approximate surface area is 111 Å². The van der Waals surface area contributed by atoms with Gasteiger partial charge in [-0.2, -0.15) is 0 Å². The average molecular weight is 266 g/mol. The second-order valence-electron chi connectivity index (χ2n) is 4.62. The van der Waals surface area contributed by atoms with E-state index >= 15 is 0 Å². The number of nitrogens with one attached hydrogen (secondary N) is 1. The van der Waals surface area contributed by atoms with Crippen molar-refractivity contribution in [2.24, 2.45) is 5.92 Å². The molecule has 0 atom stereocenters. The molecule has 4 heteroatoms. The minimum absolute atomic E-state index is 0.114. The Morgan fingerprint density at radius 2 is 2.28 bits per heavy atom. The quantitative estimate of drug-likeness (QED) is 0.821. The Morgan fingerprint density at radius 3 is 2.94 bits per heavy atom. The topological polar surface area (TPSA) is 49.3 Å². The maximum atomic E-state index is 11.5. The summed E-state index contributed by atoms with van der Waals surface area (Å²) in [6, 6.07) is 7.32. The minimum atomic E-state index is -0.172. The molecule has 2 N–H and O–H groups in total. The number of aliphatic hydroxyl groups excluding tert-OH is 1. The first kappa shape index (κ1) is 13.1. The second kappa shape index (κ2) is 6.03. The Morgan fingerprint density at radius 1 is 1.50 bits per heavy atom. The van der Waals surface area contributed by atoms with Crippen LogP contribution in [0, 0.1) is 5.92 Å². The summed E-state index contributed by atoms with van der Waals surface area (Å²) in [6.07, 6.45) is 4.64. The van der Waals surface area contributed by atoms with Gasteiger partial charge < -0.3 is 10.4 Å². The molecule has 0 aliphatic heterocycles. The number of benzene rings is 1. The molecule has 1 aromatic carbocycles. The summed E-state index contributed by atoms with van der Waals surface area (Å²) in [5.74, 6) is 0.305. The van der Waals surface area contributed by atoms with Gasteiger partial charge in [-0.05, 0) is 42.5 Å². The summed E-state index contributed by atoms with van der Waals surface area (Å²) in [4.78, 5) is 11.5. The van der Waals surface area contributed by atoms with Crippen molar-refractivity contribution in [3.8, 4) is 0 Å². The Hall–Kier alpha value is -1.32. The highest BCUT2D eigenvalue weighted by molar-refractivity contribution is 6.30. The van der Waals surface area contributed by atoms with E-state index in [1.807, 2.05) is 12.1 Å². The predicted molar refractivity (Wildman–Crippen MR) is 72.2 cm³/mol. The molecule has 96 valence electrons. The van der Waals surface area contributed by atoms with E-state index in [0.717, 1.165) is 18.4 Å². The number of rotatable bonds is 4. The molecule has 18 heavy (non-hydrogen) atoms. The fourth-order valence-corrected chi connectivity index (χ4v) is 2.15. The van der Waals surface area contributed by atoms with Crippen molar-refractivity contribution in [3.05, 3.63) is 40.9 Å². The molecule has 0 spiro atoms. The maximum absolute atomic E-state index is 11.5. The van der Waals surface area contributed by atoms with Crippen LogP contribution in [0.25, 0.3) is 6.08 Å². The van der Waals surface area contributed by atoms with Crippen LogP contribution in [-0.2, 0) is 4.79 Å². The van der Waals surface area contributed by atoms with Gasteiger partial charge in [0.1, 0.15) is 0 Å². The van der Waals surface area contributed by atoms with E-state index in [0.29, 0.717) is 17.5 Å². The van der Waals surface area contributed by atoms with Gasteiger partial charge >= 0.3 is 0 Å². The molecule has 0 saturated heterocycles. The lowest BCUT2D eigenvalue weighted by atomic mass is 9.82. The number of halogens is 1. The first-order valence-corrected chi connectivity index (χ1v) is 6.41. The van der Waals surface area contributed by atoms with Crippen LogP contribution in [0.4, 0.5) is 0 Å². The molecule has 1 fully saturated rings. The smallest absolute Gasteiger partial charge is 0.244 e. The number of hydrogen-bond donors (Lipinski definition) is 2. The zero-order valence-electron chi connectivity index (χ0n) is 9.97. The number of carbonyl (C=O) groups is 1. The lowest BCUT2D eigenvalue weighted by molar-refractivity contribution is -0.117. The van der Waals surface area contributed by atoms with Crippen LogP contribution in [0.15, 0.2) is 30.3 Å². The summed E-state index contributed by atoms with van der Waals surface area (Å²) >= 11 is 5.84. The molecule has 2 rings (SSSR count). The van der Waals surface area contributed by atoms with E-state index in [4.69, 9.17) is 16.7 Å². The van der Waals surface area contributed by atoms with Gasteiger partial charge in [0.05, 0.1) is 6.10 Å². The number of amides is 1. The zero-order valence-corrected chi connectivity index (χ0v) is 10.7. The number of aliphatic hydroxyl groups is 1. The van der Waals surface area contributed by atoms with Crippen LogP contribution in [0.1, 0.15) is 18.4 Å². The largest absolute Gasteiger partial charge is 0.393 e. The van der Waals surface area contributed by atoms with Crippen molar-refractivity contribution in [3.63, 3.8) is 0 Å². The van der Waals surface area contributed by atoms with Crippen molar-refractivity contribution in [2.75, 3.05) is 6.54 Å². The highest BCUT2D eigenvalue weighted by Crippen LogP contribution is 2.25. The Bertz CT molecular complexity index is 453. The molecular formula is C14H16ClNO2. The standard InChI is InChI=1S/C14H16ClNO2/c15-12-3-1-2-10(6-12)4-5-14(18)16-9-11-7-13(17)8-11/h1-6,11,13,17H,7-9H2,(H,16,18). The molecular weight excluding hydrogens is 250 g/mol. The third kappa shape index (κ3) is 3.86. The van der Waals surface area contributed by atoms with E-state index in [2.05, 4.69) is 5.32 Å². The third-order valence-electron chi connectivity index (χ3n) is 3.05. The first-order chi connectivity index (χ1) is 8.63. The molecule has 3 nitrogen and oxygen atoms in total. The summed E-state index contributed by atoms with van der Waals surface area (Å²) < 4.78 is 0. The summed E-state index contributed by atoms with van der Waals surface area (Å²) in [6.45, 7) is 0.635. The molecule has 1 aliphatic carbocycles. The highest BCUT2D eigenvalue weighted by Gasteiger charge is 2.26. The molecule has 1 aliphatic rings. The van der Waals surface area contributed by atoms with Gasteiger partial charge in [-0.1, -0.05) is 23.7 Å². The minimum Gasteiger partial charge on any atom is -0.393 e. The van der Waals surface area contributed by atoms with Crippen LogP contribution in [0.5, 0.6) is 0 Å². The zero-order chi connectivity index (χ0) is 13.0. The van der Waals surface area contributed by atoms with Crippen LogP contribution < -0.4 is 5.32 Å². The van der Waals surface area contributed by atoms with Gasteiger partial charge in [0.25, 0.3) is 0 Å². The second-order valence-corrected chi connectivity index (χ2v) is 5.06. The molecule has 0 aromatic heterocycles. The van der Waals surface area contributed by atoms with Crippen molar-refractivity contribution in [1.82, 2.24) is 5.32 Å². The van der Waals surface area contributed by atoms with E-state index < -0.39 is 0 Å². The van der Waals surface area contributed by atoms with Crippen LogP contribution in [0.2, 0.25) is 5.02 Å². The third-order valence-corrected chi connectivity index (χ3v) is 3.29. The summed E-state index contributed by atoms with van der Waals surface area (Å²) in [7, 11) is 0. The van der Waals surface area contributed by atoms with E-state index in [-0.39, 0.29) is 12.0 Å². The molecule has 0 heterocycles. The van der Waals surface area contributed by atoms with Gasteiger partial charge in [-0.15, -0.1) is 0 Å². The Kier molecular flexibility index (Phi) is 4.39. The van der Waals surface area contributed by atoms with Crippen molar-refractivity contribution >= 4 is 23.6 Å². The fraction of sp³-hybridized carbons (Fsp3) is 0.357. The summed E-state index contributed by atoms with van der Waals surface area (Å²) in [5.41, 5.74) is 0.900. The normalized spacial score (nSPS) is 22.8. The molecule has 1 aromatic rings. The van der Waals surface area contributed by atoms with Gasteiger partial charge in [0, 0.05) is 17.6 Å². The van der Waals surface area contributed by atoms with Crippen LogP contribution in [-0.4, -0.2) is 23.7 Å². The lowest BCUT2D eigenvalue weighted by Gasteiger charge is -2.31. The van der Waals surface area contributed by atoms with Crippen molar-refractivity contribution in [1.29, 1.82) is 0 Å².